The molecule has 2 aliphatic rings. The van der Waals surface area contributed by atoms with Gasteiger partial charge in [0.1, 0.15) is 0 Å². The Morgan fingerprint density at radius 3 is 1.88 bits per heavy atom. The highest BCUT2D eigenvalue weighted by molar-refractivity contribution is 5.95. The number of carbonyl (C=O) groups excluding carboxylic acids is 1. The fourth-order valence-electron chi connectivity index (χ4n) is 4.13. The van der Waals surface area contributed by atoms with Crippen LogP contribution in [0.15, 0.2) is 42.5 Å². The molecule has 1 fully saturated rings. The Labute approximate surface area is 146 Å². The molecule has 0 heterocycles. The second-order valence-corrected chi connectivity index (χ2v) is 7.39. The molecule has 1 aromatic carbocycles. The van der Waals surface area contributed by atoms with Crippen LogP contribution in [0.2, 0.25) is 0 Å². The van der Waals surface area contributed by atoms with Crippen LogP contribution in [0, 0.1) is 31.6 Å². The maximum atomic E-state index is 12.7. The smallest absolute Gasteiger partial charge is 0.228 e. The maximum Gasteiger partial charge on any atom is 0.228 e. The lowest BCUT2D eigenvalue weighted by molar-refractivity contribution is -0.117. The van der Waals surface area contributed by atoms with E-state index in [-0.39, 0.29) is 11.8 Å². The van der Waals surface area contributed by atoms with Gasteiger partial charge in [0.15, 0.2) is 0 Å². The molecule has 0 bridgehead atoms. The van der Waals surface area contributed by atoms with Crippen molar-refractivity contribution in [3.63, 3.8) is 0 Å². The van der Waals surface area contributed by atoms with Gasteiger partial charge in [0, 0.05) is 11.6 Å². The molecule has 3 rings (SSSR count). The van der Waals surface area contributed by atoms with E-state index in [0.717, 1.165) is 44.2 Å². The van der Waals surface area contributed by atoms with E-state index in [0.29, 0.717) is 11.8 Å². The van der Waals surface area contributed by atoms with Gasteiger partial charge in [-0.1, -0.05) is 30.4 Å². The fourth-order valence-corrected chi connectivity index (χ4v) is 4.13. The summed E-state index contributed by atoms with van der Waals surface area (Å²) in [6.45, 7) is 4.15. The van der Waals surface area contributed by atoms with Crippen molar-refractivity contribution in [3.05, 3.63) is 53.6 Å². The predicted octanol–water partition coefficient (Wildman–Crippen LogP) is 5.57. The largest absolute Gasteiger partial charge is 0.326 e. The van der Waals surface area contributed by atoms with E-state index in [1.54, 1.807) is 0 Å². The minimum absolute atomic E-state index is 0.202. The van der Waals surface area contributed by atoms with Crippen LogP contribution in [0.25, 0.3) is 0 Å². The number of fused-ring (bicyclic) bond motifs is 1. The van der Waals surface area contributed by atoms with E-state index in [9.17, 15) is 4.79 Å². The lowest BCUT2D eigenvalue weighted by Gasteiger charge is -2.07. The SMILES string of the molecule is Cc1cc(C)cc(NC(=O)C2C3CCC=CCCC=CCCC32)c1. The second-order valence-electron chi connectivity index (χ2n) is 7.39. The van der Waals surface area contributed by atoms with Crippen molar-refractivity contribution < 1.29 is 4.79 Å². The maximum absolute atomic E-state index is 12.7. The van der Waals surface area contributed by atoms with Crippen molar-refractivity contribution in [3.8, 4) is 0 Å². The van der Waals surface area contributed by atoms with Gasteiger partial charge >= 0.3 is 0 Å². The lowest BCUT2D eigenvalue weighted by Crippen LogP contribution is -2.16. The van der Waals surface area contributed by atoms with Crippen LogP contribution >= 0.6 is 0 Å². The normalized spacial score (nSPS) is 26.8. The zero-order valence-corrected chi connectivity index (χ0v) is 14.9. The summed E-state index contributed by atoms with van der Waals surface area (Å²) in [5.74, 6) is 1.55. The number of allylic oxidation sites excluding steroid dienone is 4. The first-order chi connectivity index (χ1) is 11.6. The summed E-state index contributed by atoms with van der Waals surface area (Å²) in [4.78, 5) is 12.7. The Balaban J connectivity index is 1.64. The highest BCUT2D eigenvalue weighted by Crippen LogP contribution is 2.52. The fraction of sp³-hybridized carbons (Fsp3) is 0.500. The lowest BCUT2D eigenvalue weighted by atomic mass is 10.1. The third-order valence-corrected chi connectivity index (χ3v) is 5.29. The van der Waals surface area contributed by atoms with Crippen LogP contribution < -0.4 is 5.32 Å². The monoisotopic (exact) mass is 323 g/mol. The van der Waals surface area contributed by atoms with Crippen molar-refractivity contribution >= 4 is 11.6 Å². The summed E-state index contributed by atoms with van der Waals surface area (Å²) >= 11 is 0. The van der Waals surface area contributed by atoms with Crippen molar-refractivity contribution in [2.75, 3.05) is 5.32 Å². The molecule has 0 radical (unpaired) electrons. The molecule has 0 spiro atoms. The van der Waals surface area contributed by atoms with Gasteiger partial charge in [-0.2, -0.15) is 0 Å². The van der Waals surface area contributed by atoms with E-state index in [2.05, 4.69) is 61.7 Å². The van der Waals surface area contributed by atoms with Gasteiger partial charge in [-0.05, 0) is 87.5 Å². The minimum atomic E-state index is 0.202. The third-order valence-electron chi connectivity index (χ3n) is 5.29. The molecule has 2 unspecified atom stereocenters. The van der Waals surface area contributed by atoms with Gasteiger partial charge in [-0.15, -0.1) is 0 Å². The molecular weight excluding hydrogens is 294 g/mol. The number of hydrogen-bond acceptors (Lipinski definition) is 1. The summed E-state index contributed by atoms with van der Waals surface area (Å²) in [6, 6.07) is 6.26. The van der Waals surface area contributed by atoms with Crippen LogP contribution in [-0.4, -0.2) is 5.91 Å². The summed E-state index contributed by atoms with van der Waals surface area (Å²) < 4.78 is 0. The quantitative estimate of drug-likeness (QED) is 0.708. The standard InChI is InChI=1S/C22H29NO/c1-16-13-17(2)15-18(14-16)23-22(24)21-19-11-9-7-5-3-4-6-8-10-12-20(19)21/h5-8,13-15,19-21H,3-4,9-12H2,1-2H3,(H,23,24). The van der Waals surface area contributed by atoms with E-state index in [1.807, 2.05) is 0 Å². The number of benzene rings is 1. The molecule has 24 heavy (non-hydrogen) atoms. The topological polar surface area (TPSA) is 29.1 Å². The van der Waals surface area contributed by atoms with Gasteiger partial charge in [0.25, 0.3) is 0 Å². The van der Waals surface area contributed by atoms with Crippen LogP contribution in [0.4, 0.5) is 5.69 Å². The van der Waals surface area contributed by atoms with Crippen LogP contribution in [0.3, 0.4) is 0 Å². The molecule has 1 amide bonds. The first-order valence-electron chi connectivity index (χ1n) is 9.34. The zero-order chi connectivity index (χ0) is 16.9. The number of nitrogens with one attached hydrogen (secondary N) is 1. The molecule has 2 heteroatoms. The summed E-state index contributed by atoms with van der Waals surface area (Å²) in [5, 5.41) is 3.16. The van der Waals surface area contributed by atoms with Gasteiger partial charge in [0.05, 0.1) is 0 Å². The second kappa shape index (κ2) is 7.83. The van der Waals surface area contributed by atoms with Gasteiger partial charge in [0.2, 0.25) is 5.91 Å². The average Bonchev–Trinajstić information content (AvgIpc) is 3.18. The highest BCUT2D eigenvalue weighted by atomic mass is 16.2. The molecule has 2 aliphatic carbocycles. The minimum Gasteiger partial charge on any atom is -0.326 e. The number of hydrogen-bond donors (Lipinski definition) is 1. The molecule has 1 saturated carbocycles. The van der Waals surface area contributed by atoms with Crippen molar-refractivity contribution in [1.82, 2.24) is 0 Å². The van der Waals surface area contributed by atoms with Gasteiger partial charge < -0.3 is 5.32 Å². The molecule has 0 saturated heterocycles. The number of amides is 1. The van der Waals surface area contributed by atoms with Gasteiger partial charge in [-0.3, -0.25) is 4.79 Å². The molecule has 0 aromatic heterocycles. The zero-order valence-electron chi connectivity index (χ0n) is 14.9. The Bertz CT molecular complexity index is 599. The molecule has 2 atom stereocenters. The Morgan fingerprint density at radius 2 is 1.33 bits per heavy atom. The van der Waals surface area contributed by atoms with Crippen molar-refractivity contribution in [1.29, 1.82) is 0 Å². The Kier molecular flexibility index (Phi) is 5.55. The first-order valence-corrected chi connectivity index (χ1v) is 9.34. The van der Waals surface area contributed by atoms with Gasteiger partial charge in [-0.25, -0.2) is 0 Å². The summed E-state index contributed by atoms with van der Waals surface area (Å²) in [7, 11) is 0. The van der Waals surface area contributed by atoms with Crippen LogP contribution in [0.1, 0.15) is 49.7 Å². The molecule has 128 valence electrons. The van der Waals surface area contributed by atoms with E-state index in [1.165, 1.54) is 11.1 Å². The van der Waals surface area contributed by atoms with Crippen molar-refractivity contribution in [2.45, 2.75) is 52.4 Å². The molecule has 1 N–H and O–H groups in total. The van der Waals surface area contributed by atoms with E-state index < -0.39 is 0 Å². The van der Waals surface area contributed by atoms with E-state index in [4.69, 9.17) is 0 Å². The third kappa shape index (κ3) is 4.37. The first kappa shape index (κ1) is 17.0. The Morgan fingerprint density at radius 1 is 0.833 bits per heavy atom. The van der Waals surface area contributed by atoms with Crippen molar-refractivity contribution in [2.24, 2.45) is 17.8 Å². The molecule has 0 aliphatic heterocycles. The number of rotatable bonds is 2. The number of aryl methyl sites for hydroxylation is 2. The summed E-state index contributed by atoms with van der Waals surface area (Å²) in [6.07, 6.45) is 16.0. The number of anilines is 1. The highest BCUT2D eigenvalue weighted by Gasteiger charge is 2.52. The van der Waals surface area contributed by atoms with Crippen LogP contribution in [0.5, 0.6) is 0 Å². The predicted molar refractivity (Wildman–Crippen MR) is 101 cm³/mol. The van der Waals surface area contributed by atoms with Crippen LogP contribution in [-0.2, 0) is 4.79 Å². The summed E-state index contributed by atoms with van der Waals surface area (Å²) in [5.41, 5.74) is 3.34. The molecule has 1 aromatic rings. The average molecular weight is 323 g/mol. The molecule has 2 nitrogen and oxygen atoms in total. The molecular formula is C22H29NO. The van der Waals surface area contributed by atoms with E-state index >= 15 is 0 Å². The Hall–Kier alpha value is -1.83. The number of carbonyl (C=O) groups is 1.